The minimum atomic E-state index is -1.62. The number of rotatable bonds is 10. The molecule has 9 heteroatoms. The number of amides is 2. The summed E-state index contributed by atoms with van der Waals surface area (Å²) in [6.07, 6.45) is -1.70. The first-order valence-corrected chi connectivity index (χ1v) is 6.85. The van der Waals surface area contributed by atoms with Crippen LogP contribution in [-0.4, -0.2) is 88.0 Å². The van der Waals surface area contributed by atoms with Gasteiger partial charge in [-0.05, 0) is 13.3 Å². The van der Waals surface area contributed by atoms with Gasteiger partial charge in [0.15, 0.2) is 11.9 Å². The zero-order valence-electron chi connectivity index (χ0n) is 12.7. The second-order valence-corrected chi connectivity index (χ2v) is 4.94. The van der Waals surface area contributed by atoms with E-state index in [1.807, 2.05) is 0 Å². The number of nitrogens with one attached hydrogen (secondary N) is 1. The Morgan fingerprint density at radius 3 is 2.05 bits per heavy atom. The van der Waals surface area contributed by atoms with E-state index < -0.39 is 49.8 Å². The van der Waals surface area contributed by atoms with Crippen LogP contribution >= 0.6 is 0 Å². The zero-order valence-corrected chi connectivity index (χ0v) is 12.7. The molecule has 0 heterocycles. The lowest BCUT2D eigenvalue weighted by molar-refractivity contribution is -0.146. The van der Waals surface area contributed by atoms with Crippen molar-refractivity contribution in [3.05, 3.63) is 0 Å². The van der Waals surface area contributed by atoms with E-state index in [0.29, 0.717) is 0 Å². The zero-order chi connectivity index (χ0) is 17.3. The summed E-state index contributed by atoms with van der Waals surface area (Å²) in [5.74, 6) is -1.66. The highest BCUT2D eigenvalue weighted by molar-refractivity contribution is 5.89. The van der Waals surface area contributed by atoms with Crippen LogP contribution in [0.15, 0.2) is 0 Å². The highest BCUT2D eigenvalue weighted by Crippen LogP contribution is 2.09. The van der Waals surface area contributed by atoms with E-state index in [2.05, 4.69) is 5.32 Å². The number of likely N-dealkylation sites (N-methyl/N-ethyl adjacent to an activating group) is 1. The number of hydrogen-bond acceptors (Lipinski definition) is 7. The molecular formula is C13H24N2O7. The van der Waals surface area contributed by atoms with Gasteiger partial charge in [-0.3, -0.25) is 14.4 Å². The summed E-state index contributed by atoms with van der Waals surface area (Å²) in [6.45, 7) is -0.343. The molecule has 0 aliphatic carbocycles. The van der Waals surface area contributed by atoms with Crippen molar-refractivity contribution in [2.45, 2.75) is 38.0 Å². The van der Waals surface area contributed by atoms with Crippen LogP contribution in [0.2, 0.25) is 0 Å². The molecule has 128 valence electrons. The summed E-state index contributed by atoms with van der Waals surface area (Å²) < 4.78 is 0. The highest BCUT2D eigenvalue weighted by atomic mass is 16.3. The summed E-state index contributed by atoms with van der Waals surface area (Å²) in [5, 5.41) is 38.1. The van der Waals surface area contributed by atoms with Gasteiger partial charge in [0, 0.05) is 13.5 Å². The summed E-state index contributed by atoms with van der Waals surface area (Å²) in [7, 11) is 1.30. The van der Waals surface area contributed by atoms with Crippen molar-refractivity contribution in [1.29, 1.82) is 0 Å². The minimum absolute atomic E-state index is 0.0190. The third kappa shape index (κ3) is 6.48. The van der Waals surface area contributed by atoms with E-state index in [-0.39, 0.29) is 18.6 Å². The van der Waals surface area contributed by atoms with Crippen LogP contribution in [0.25, 0.3) is 0 Å². The van der Waals surface area contributed by atoms with Crippen LogP contribution < -0.4 is 5.32 Å². The Morgan fingerprint density at radius 1 is 1.09 bits per heavy atom. The molecule has 22 heavy (non-hydrogen) atoms. The molecule has 0 aliphatic rings. The fraction of sp³-hybridized carbons (Fsp3) is 0.769. The first kappa shape index (κ1) is 20.5. The van der Waals surface area contributed by atoms with Crippen LogP contribution in [0.4, 0.5) is 0 Å². The molecule has 0 aromatic heterocycles. The largest absolute Gasteiger partial charge is 0.394 e. The molecule has 2 unspecified atom stereocenters. The predicted octanol–water partition coefficient (Wildman–Crippen LogP) is -2.99. The molecule has 0 aromatic rings. The molecule has 0 bridgehead atoms. The van der Waals surface area contributed by atoms with Gasteiger partial charge < -0.3 is 30.6 Å². The molecule has 0 rings (SSSR count). The Kier molecular flexibility index (Phi) is 9.50. The Hall–Kier alpha value is -1.55. The number of ketones is 1. The molecule has 2 amide bonds. The predicted molar refractivity (Wildman–Crippen MR) is 75.7 cm³/mol. The summed E-state index contributed by atoms with van der Waals surface area (Å²) in [6, 6.07) is -1.69. The fourth-order valence-corrected chi connectivity index (χ4v) is 1.85. The smallest absolute Gasteiger partial charge is 0.254 e. The number of nitrogens with zero attached hydrogens (tertiary/aromatic N) is 1. The molecule has 0 radical (unpaired) electrons. The van der Waals surface area contributed by atoms with Crippen molar-refractivity contribution in [2.24, 2.45) is 0 Å². The van der Waals surface area contributed by atoms with Gasteiger partial charge >= 0.3 is 0 Å². The molecule has 0 saturated heterocycles. The van der Waals surface area contributed by atoms with Gasteiger partial charge in [-0.2, -0.15) is 0 Å². The molecule has 0 saturated carbocycles. The number of aliphatic hydroxyl groups excluding tert-OH is 4. The molecule has 5 N–H and O–H groups in total. The average Bonchev–Trinajstić information content (AvgIpc) is 2.50. The lowest BCUT2D eigenvalue weighted by Gasteiger charge is -2.27. The molecule has 0 spiro atoms. The highest BCUT2D eigenvalue weighted by Gasteiger charge is 2.28. The quantitative estimate of drug-likeness (QED) is 0.288. The monoisotopic (exact) mass is 320 g/mol. The van der Waals surface area contributed by atoms with Crippen molar-refractivity contribution >= 4 is 17.6 Å². The van der Waals surface area contributed by atoms with E-state index in [1.54, 1.807) is 0 Å². The van der Waals surface area contributed by atoms with Gasteiger partial charge in [-0.25, -0.2) is 0 Å². The maximum absolute atomic E-state index is 11.7. The van der Waals surface area contributed by atoms with Gasteiger partial charge in [-0.15, -0.1) is 0 Å². The van der Waals surface area contributed by atoms with Gasteiger partial charge in [0.2, 0.25) is 5.91 Å². The van der Waals surface area contributed by atoms with Gasteiger partial charge in [-0.1, -0.05) is 0 Å². The van der Waals surface area contributed by atoms with E-state index in [0.717, 1.165) is 4.90 Å². The lowest BCUT2D eigenvalue weighted by Crippen LogP contribution is -2.48. The maximum Gasteiger partial charge on any atom is 0.254 e. The van der Waals surface area contributed by atoms with Crippen LogP contribution in [-0.2, 0) is 14.4 Å². The van der Waals surface area contributed by atoms with Crippen molar-refractivity contribution < 1.29 is 34.8 Å². The van der Waals surface area contributed by atoms with E-state index in [9.17, 15) is 19.5 Å². The number of hydrogen-bond donors (Lipinski definition) is 5. The van der Waals surface area contributed by atoms with Crippen molar-refractivity contribution in [3.8, 4) is 0 Å². The van der Waals surface area contributed by atoms with Crippen LogP contribution in [0.5, 0.6) is 0 Å². The van der Waals surface area contributed by atoms with Gasteiger partial charge in [0.1, 0.15) is 0 Å². The second-order valence-electron chi connectivity index (χ2n) is 4.94. The molecule has 0 aromatic carbocycles. The van der Waals surface area contributed by atoms with Crippen LogP contribution in [0.3, 0.4) is 0 Å². The minimum Gasteiger partial charge on any atom is -0.394 e. The average molecular weight is 320 g/mol. The normalized spacial score (nSPS) is 13.6. The number of carbonyl (C=O) groups is 3. The first-order valence-electron chi connectivity index (χ1n) is 6.85. The molecular weight excluding hydrogens is 296 g/mol. The van der Waals surface area contributed by atoms with Crippen molar-refractivity contribution in [1.82, 2.24) is 10.2 Å². The Bertz CT molecular complexity index is 385. The Morgan fingerprint density at radius 2 is 1.64 bits per heavy atom. The Labute approximate surface area is 128 Å². The molecule has 9 nitrogen and oxygen atoms in total. The van der Waals surface area contributed by atoms with Crippen LogP contribution in [0.1, 0.15) is 19.8 Å². The summed E-state index contributed by atoms with van der Waals surface area (Å²) in [5.41, 5.74) is 0. The van der Waals surface area contributed by atoms with Crippen molar-refractivity contribution in [2.75, 3.05) is 26.9 Å². The topological polar surface area (TPSA) is 147 Å². The third-order valence-electron chi connectivity index (χ3n) is 3.19. The SMILES string of the molecule is CC(=O)C(CCC(=O)NC(CO)CO)N(C)C(=O)C(O)CO. The lowest BCUT2D eigenvalue weighted by atomic mass is 10.0. The molecule has 0 fully saturated rings. The number of carbonyl (C=O) groups excluding carboxylic acids is 3. The fourth-order valence-electron chi connectivity index (χ4n) is 1.85. The van der Waals surface area contributed by atoms with Crippen LogP contribution in [0, 0.1) is 0 Å². The third-order valence-corrected chi connectivity index (χ3v) is 3.19. The second kappa shape index (κ2) is 10.2. The molecule has 0 aliphatic heterocycles. The van der Waals surface area contributed by atoms with E-state index in [1.165, 1.54) is 14.0 Å². The first-order chi connectivity index (χ1) is 10.3. The van der Waals surface area contributed by atoms with E-state index >= 15 is 0 Å². The summed E-state index contributed by atoms with van der Waals surface area (Å²) in [4.78, 5) is 36.0. The Balaban J connectivity index is 4.63. The summed E-state index contributed by atoms with van der Waals surface area (Å²) >= 11 is 0. The van der Waals surface area contributed by atoms with Gasteiger partial charge in [0.25, 0.3) is 5.91 Å². The maximum atomic E-state index is 11.7. The van der Waals surface area contributed by atoms with Gasteiger partial charge in [0.05, 0.1) is 31.9 Å². The number of aliphatic hydroxyl groups is 4. The van der Waals surface area contributed by atoms with E-state index in [4.69, 9.17) is 15.3 Å². The number of Topliss-reactive ketones (excluding diaryl/α,β-unsaturated/α-hetero) is 1. The molecule has 2 atom stereocenters. The standard InChI is InChI=1S/C13H24N2O7/c1-8(19)10(15(2)13(22)11(20)7-18)3-4-12(21)14-9(5-16)6-17/h9-11,16-18,20H,3-7H2,1-2H3,(H,14,21). The van der Waals surface area contributed by atoms with Crippen molar-refractivity contribution in [3.63, 3.8) is 0 Å².